The van der Waals surface area contributed by atoms with Crippen LogP contribution in [-0.2, 0) is 23.7 Å². The van der Waals surface area contributed by atoms with Gasteiger partial charge in [0.1, 0.15) is 11.7 Å². The smallest absolute Gasteiger partial charge is 0.164 e. The van der Waals surface area contributed by atoms with E-state index >= 15 is 0 Å². The second-order valence-corrected chi connectivity index (χ2v) is 7.14. The Morgan fingerprint density at radius 3 is 2.52 bits per heavy atom. The van der Waals surface area contributed by atoms with Crippen molar-refractivity contribution < 1.29 is 28.8 Å². The van der Waals surface area contributed by atoms with E-state index in [2.05, 4.69) is 0 Å². The predicted molar refractivity (Wildman–Crippen MR) is 73.7 cm³/mol. The molecule has 3 heterocycles. The van der Waals surface area contributed by atoms with Crippen molar-refractivity contribution in [3.8, 4) is 0 Å². The molecular weight excluding hydrogens is 276 g/mol. The van der Waals surface area contributed by atoms with Gasteiger partial charge in [-0.25, -0.2) is 0 Å². The van der Waals surface area contributed by atoms with Crippen molar-refractivity contribution in [2.24, 2.45) is 5.92 Å². The van der Waals surface area contributed by atoms with Gasteiger partial charge in [0, 0.05) is 18.9 Å². The zero-order valence-electron chi connectivity index (χ0n) is 13.3. The summed E-state index contributed by atoms with van der Waals surface area (Å²) < 4.78 is 29.8. The maximum atomic E-state index is 9.97. The van der Waals surface area contributed by atoms with Gasteiger partial charge in [-0.05, 0) is 27.7 Å². The quantitative estimate of drug-likeness (QED) is 0.781. The molecule has 21 heavy (non-hydrogen) atoms. The summed E-state index contributed by atoms with van der Waals surface area (Å²) >= 11 is 0. The lowest BCUT2D eigenvalue weighted by Gasteiger charge is -2.47. The van der Waals surface area contributed by atoms with Gasteiger partial charge in [0.2, 0.25) is 0 Å². The highest BCUT2D eigenvalue weighted by Crippen LogP contribution is 2.45. The Labute approximate surface area is 125 Å². The Kier molecular flexibility index (Phi) is 3.83. The second kappa shape index (κ2) is 5.15. The minimum Gasteiger partial charge on any atom is -0.393 e. The van der Waals surface area contributed by atoms with E-state index in [9.17, 15) is 5.11 Å². The van der Waals surface area contributed by atoms with Crippen LogP contribution in [0.1, 0.15) is 34.1 Å². The molecule has 122 valence electrons. The van der Waals surface area contributed by atoms with Gasteiger partial charge in [0.05, 0.1) is 25.9 Å². The van der Waals surface area contributed by atoms with Crippen molar-refractivity contribution in [3.05, 3.63) is 0 Å². The number of hydrogen-bond donors (Lipinski definition) is 1. The maximum absolute atomic E-state index is 9.97. The highest BCUT2D eigenvalue weighted by atomic mass is 16.8. The van der Waals surface area contributed by atoms with Crippen LogP contribution < -0.4 is 0 Å². The van der Waals surface area contributed by atoms with Crippen molar-refractivity contribution in [2.45, 2.75) is 63.5 Å². The summed E-state index contributed by atoms with van der Waals surface area (Å²) in [6.45, 7) is 9.07. The molecule has 0 radical (unpaired) electrons. The van der Waals surface area contributed by atoms with Crippen molar-refractivity contribution in [1.29, 1.82) is 0 Å². The lowest BCUT2D eigenvalue weighted by molar-refractivity contribution is -0.322. The molecule has 4 atom stereocenters. The molecule has 0 spiro atoms. The summed E-state index contributed by atoms with van der Waals surface area (Å²) in [4.78, 5) is 0. The molecule has 0 saturated carbocycles. The van der Waals surface area contributed by atoms with E-state index in [1.165, 1.54) is 0 Å². The molecule has 3 aliphatic rings. The standard InChI is InChI=1S/C15H26O6/c1-13(2)18-8-10-7-17-6-5-15(9-16)12(11(10)19-13)20-14(3,4)21-15/h10-12,16H,5-9H2,1-4H3. The van der Waals surface area contributed by atoms with E-state index in [0.717, 1.165) is 0 Å². The number of fused-ring (bicyclic) bond motifs is 3. The minimum atomic E-state index is -0.778. The first-order valence-electron chi connectivity index (χ1n) is 7.65. The summed E-state index contributed by atoms with van der Waals surface area (Å²) in [5.41, 5.74) is -0.778. The van der Waals surface area contributed by atoms with Crippen LogP contribution in [0.3, 0.4) is 0 Å². The summed E-state index contributed by atoms with van der Waals surface area (Å²) in [6.07, 6.45) is 0.0448. The highest BCUT2D eigenvalue weighted by Gasteiger charge is 2.59. The second-order valence-electron chi connectivity index (χ2n) is 7.14. The molecule has 3 saturated heterocycles. The van der Waals surface area contributed by atoms with Gasteiger partial charge >= 0.3 is 0 Å². The van der Waals surface area contributed by atoms with Crippen LogP contribution in [0.15, 0.2) is 0 Å². The molecule has 0 aromatic heterocycles. The van der Waals surface area contributed by atoms with Crippen molar-refractivity contribution in [3.63, 3.8) is 0 Å². The van der Waals surface area contributed by atoms with Gasteiger partial charge in [-0.1, -0.05) is 0 Å². The van der Waals surface area contributed by atoms with Gasteiger partial charge in [0.15, 0.2) is 11.6 Å². The molecule has 4 unspecified atom stereocenters. The highest BCUT2D eigenvalue weighted by molar-refractivity contribution is 5.03. The number of aliphatic hydroxyl groups is 1. The van der Waals surface area contributed by atoms with Gasteiger partial charge in [-0.2, -0.15) is 0 Å². The van der Waals surface area contributed by atoms with Crippen LogP contribution in [0.4, 0.5) is 0 Å². The Morgan fingerprint density at radius 1 is 1.05 bits per heavy atom. The van der Waals surface area contributed by atoms with Gasteiger partial charge < -0.3 is 28.8 Å². The fraction of sp³-hybridized carbons (Fsp3) is 1.00. The molecule has 1 N–H and O–H groups in total. The lowest BCUT2D eigenvalue weighted by atomic mass is 9.83. The van der Waals surface area contributed by atoms with E-state index in [4.69, 9.17) is 23.7 Å². The van der Waals surface area contributed by atoms with Crippen LogP contribution in [0.5, 0.6) is 0 Å². The lowest BCUT2D eigenvalue weighted by Crippen LogP contribution is -2.60. The minimum absolute atomic E-state index is 0.0757. The first kappa shape index (κ1) is 15.6. The SMILES string of the molecule is CC1(C)OCC2COCCC3(CO)OC(C)(C)OC3C2O1. The molecule has 0 amide bonds. The zero-order chi connectivity index (χ0) is 15.3. The van der Waals surface area contributed by atoms with Gasteiger partial charge in [-0.15, -0.1) is 0 Å². The van der Waals surface area contributed by atoms with Crippen LogP contribution in [0.2, 0.25) is 0 Å². The van der Waals surface area contributed by atoms with Crippen LogP contribution in [-0.4, -0.2) is 60.9 Å². The molecule has 0 aromatic rings. The van der Waals surface area contributed by atoms with Crippen molar-refractivity contribution >= 4 is 0 Å². The monoisotopic (exact) mass is 302 g/mol. The molecule has 3 aliphatic heterocycles. The number of rotatable bonds is 1. The Morgan fingerprint density at radius 2 is 1.81 bits per heavy atom. The fourth-order valence-corrected chi connectivity index (χ4v) is 3.54. The third kappa shape index (κ3) is 2.85. The topological polar surface area (TPSA) is 66.4 Å². The van der Waals surface area contributed by atoms with Crippen LogP contribution in [0, 0.1) is 5.92 Å². The molecule has 6 nitrogen and oxygen atoms in total. The molecule has 6 heteroatoms. The fourth-order valence-electron chi connectivity index (χ4n) is 3.54. The number of ether oxygens (including phenoxy) is 5. The van der Waals surface area contributed by atoms with Gasteiger partial charge in [-0.3, -0.25) is 0 Å². The summed E-state index contributed by atoms with van der Waals surface area (Å²) in [7, 11) is 0. The van der Waals surface area contributed by atoms with Crippen LogP contribution in [0.25, 0.3) is 0 Å². The molecule has 3 fully saturated rings. The van der Waals surface area contributed by atoms with E-state index < -0.39 is 17.2 Å². The Hall–Kier alpha value is -0.240. The zero-order valence-corrected chi connectivity index (χ0v) is 13.3. The van der Waals surface area contributed by atoms with E-state index in [-0.39, 0.29) is 24.7 Å². The van der Waals surface area contributed by atoms with Crippen LogP contribution >= 0.6 is 0 Å². The van der Waals surface area contributed by atoms with E-state index in [1.807, 2.05) is 27.7 Å². The van der Waals surface area contributed by atoms with Gasteiger partial charge in [0.25, 0.3) is 0 Å². The molecule has 3 rings (SSSR count). The van der Waals surface area contributed by atoms with Crippen molar-refractivity contribution in [2.75, 3.05) is 26.4 Å². The summed E-state index contributed by atoms with van der Waals surface area (Å²) in [6, 6.07) is 0. The molecular formula is C15H26O6. The first-order valence-corrected chi connectivity index (χ1v) is 7.65. The number of aliphatic hydroxyl groups excluding tert-OH is 1. The number of hydrogen-bond acceptors (Lipinski definition) is 6. The largest absolute Gasteiger partial charge is 0.393 e. The third-order valence-electron chi connectivity index (χ3n) is 4.48. The molecule has 0 bridgehead atoms. The van der Waals surface area contributed by atoms with E-state index in [1.54, 1.807) is 0 Å². The Balaban J connectivity index is 1.93. The average Bonchev–Trinajstić information content (AvgIpc) is 2.65. The predicted octanol–water partition coefficient (Wildman–Crippen LogP) is 1.06. The molecule has 0 aromatic carbocycles. The third-order valence-corrected chi connectivity index (χ3v) is 4.48. The normalized spacial score (nSPS) is 45.3. The van der Waals surface area contributed by atoms with Crippen molar-refractivity contribution in [1.82, 2.24) is 0 Å². The molecule has 0 aliphatic carbocycles. The Bertz CT molecular complexity index is 396. The van der Waals surface area contributed by atoms with E-state index in [0.29, 0.717) is 26.2 Å². The maximum Gasteiger partial charge on any atom is 0.164 e. The summed E-state index contributed by atoms with van der Waals surface area (Å²) in [5, 5.41) is 9.97. The summed E-state index contributed by atoms with van der Waals surface area (Å²) in [5.74, 6) is -1.34. The first-order chi connectivity index (χ1) is 9.77. The average molecular weight is 302 g/mol.